The van der Waals surface area contributed by atoms with Crippen LogP contribution in [0.4, 0.5) is 0 Å². The van der Waals surface area contributed by atoms with Gasteiger partial charge in [-0.1, -0.05) is 36.4 Å². The number of allylic oxidation sites excluding steroid dienone is 1. The third-order valence-electron chi connectivity index (χ3n) is 2.52. The van der Waals surface area contributed by atoms with Gasteiger partial charge in [0, 0.05) is 11.8 Å². The third kappa shape index (κ3) is 2.48. The van der Waals surface area contributed by atoms with E-state index in [1.165, 1.54) is 0 Å². The first-order chi connectivity index (χ1) is 8.33. The predicted octanol–water partition coefficient (Wildman–Crippen LogP) is 3.04. The number of pyridine rings is 1. The maximum atomic E-state index is 12.2. The van der Waals surface area contributed by atoms with Gasteiger partial charge in [-0.2, -0.15) is 0 Å². The minimum absolute atomic E-state index is 0.0388. The number of hydrogen-bond acceptors (Lipinski definition) is 2. The molecule has 0 atom stereocenters. The van der Waals surface area contributed by atoms with Gasteiger partial charge in [-0.25, -0.2) is 0 Å². The Morgan fingerprint density at radius 3 is 2.65 bits per heavy atom. The lowest BCUT2D eigenvalue weighted by molar-refractivity contribution is 0.103. The monoisotopic (exact) mass is 223 g/mol. The second kappa shape index (κ2) is 5.21. The molecule has 2 heteroatoms. The van der Waals surface area contributed by atoms with Crippen molar-refractivity contribution < 1.29 is 4.79 Å². The van der Waals surface area contributed by atoms with Gasteiger partial charge in [0.25, 0.3) is 0 Å². The predicted molar refractivity (Wildman–Crippen MR) is 68.0 cm³/mol. The molecule has 0 bridgehead atoms. The zero-order valence-electron chi connectivity index (χ0n) is 9.47. The number of ketones is 1. The summed E-state index contributed by atoms with van der Waals surface area (Å²) in [7, 11) is 0. The Morgan fingerprint density at radius 1 is 1.18 bits per heavy atom. The first-order valence-corrected chi connectivity index (χ1v) is 5.47. The number of hydrogen-bond donors (Lipinski definition) is 0. The minimum atomic E-state index is -0.0388. The summed E-state index contributed by atoms with van der Waals surface area (Å²) in [5, 5.41) is 0. The van der Waals surface area contributed by atoms with Gasteiger partial charge in [0.1, 0.15) is 5.69 Å². The van der Waals surface area contributed by atoms with E-state index in [4.69, 9.17) is 0 Å². The van der Waals surface area contributed by atoms with E-state index in [9.17, 15) is 4.79 Å². The van der Waals surface area contributed by atoms with Crippen LogP contribution in [0.25, 0.3) is 0 Å². The Kier molecular flexibility index (Phi) is 3.46. The van der Waals surface area contributed by atoms with Gasteiger partial charge in [0.2, 0.25) is 5.78 Å². The van der Waals surface area contributed by atoms with E-state index in [0.29, 0.717) is 17.7 Å². The summed E-state index contributed by atoms with van der Waals surface area (Å²) in [5.74, 6) is -0.0388. The van der Waals surface area contributed by atoms with Crippen molar-refractivity contribution in [3.63, 3.8) is 0 Å². The molecule has 2 nitrogen and oxygen atoms in total. The zero-order chi connectivity index (χ0) is 12.1. The van der Waals surface area contributed by atoms with Crippen LogP contribution < -0.4 is 0 Å². The highest BCUT2D eigenvalue weighted by Gasteiger charge is 2.12. The molecule has 1 aromatic carbocycles. The van der Waals surface area contributed by atoms with Crippen LogP contribution in [0.5, 0.6) is 0 Å². The molecule has 0 N–H and O–H groups in total. The van der Waals surface area contributed by atoms with Gasteiger partial charge in [-0.3, -0.25) is 9.78 Å². The van der Waals surface area contributed by atoms with Crippen LogP contribution in [0, 0.1) is 0 Å². The smallest absolute Gasteiger partial charge is 0.211 e. The molecule has 2 aromatic rings. The van der Waals surface area contributed by atoms with Crippen molar-refractivity contribution >= 4 is 5.78 Å². The quantitative estimate of drug-likeness (QED) is 0.589. The van der Waals surface area contributed by atoms with E-state index in [-0.39, 0.29) is 5.78 Å². The van der Waals surface area contributed by atoms with Crippen molar-refractivity contribution in [2.24, 2.45) is 0 Å². The molecule has 0 saturated carbocycles. The molecule has 1 heterocycles. The molecule has 0 aliphatic heterocycles. The van der Waals surface area contributed by atoms with Crippen LogP contribution in [0.15, 0.2) is 61.3 Å². The lowest BCUT2D eigenvalue weighted by Crippen LogP contribution is -2.06. The zero-order valence-corrected chi connectivity index (χ0v) is 9.47. The van der Waals surface area contributed by atoms with Crippen molar-refractivity contribution in [1.29, 1.82) is 0 Å². The van der Waals surface area contributed by atoms with Crippen LogP contribution in [0.3, 0.4) is 0 Å². The molecule has 0 fully saturated rings. The fraction of sp³-hybridized carbons (Fsp3) is 0.0667. The summed E-state index contributed by atoms with van der Waals surface area (Å²) in [4.78, 5) is 16.3. The summed E-state index contributed by atoms with van der Waals surface area (Å²) >= 11 is 0. The van der Waals surface area contributed by atoms with Crippen LogP contribution in [-0.4, -0.2) is 10.8 Å². The standard InChI is InChI=1S/C15H13NO/c1-2-7-12-8-3-4-9-13(12)15(17)14-10-5-6-11-16-14/h2-6,8-11H,1,7H2. The lowest BCUT2D eigenvalue weighted by atomic mass is 9.99. The van der Waals surface area contributed by atoms with Gasteiger partial charge in [0.15, 0.2) is 0 Å². The van der Waals surface area contributed by atoms with Crippen molar-refractivity contribution in [2.75, 3.05) is 0 Å². The van der Waals surface area contributed by atoms with Crippen molar-refractivity contribution in [3.05, 3.63) is 78.1 Å². The fourth-order valence-corrected chi connectivity index (χ4v) is 1.71. The number of carbonyl (C=O) groups is 1. The summed E-state index contributed by atoms with van der Waals surface area (Å²) in [6, 6.07) is 12.9. The molecule has 0 saturated heterocycles. The second-order valence-electron chi connectivity index (χ2n) is 3.69. The second-order valence-corrected chi connectivity index (χ2v) is 3.69. The molecule has 0 spiro atoms. The van der Waals surface area contributed by atoms with E-state index in [2.05, 4.69) is 11.6 Å². The topological polar surface area (TPSA) is 30.0 Å². The van der Waals surface area contributed by atoms with Gasteiger partial charge in [0.05, 0.1) is 0 Å². The third-order valence-corrected chi connectivity index (χ3v) is 2.52. The molecular formula is C15H13NO. The molecule has 0 aliphatic rings. The highest BCUT2D eigenvalue weighted by molar-refractivity contribution is 6.08. The number of benzene rings is 1. The molecular weight excluding hydrogens is 210 g/mol. The maximum absolute atomic E-state index is 12.2. The SMILES string of the molecule is C=CCc1ccccc1C(=O)c1ccccn1. The molecule has 0 unspecified atom stereocenters. The molecule has 17 heavy (non-hydrogen) atoms. The molecule has 0 amide bonds. The largest absolute Gasteiger partial charge is 0.287 e. The Labute approximate surface area is 101 Å². The number of aromatic nitrogens is 1. The molecule has 1 aromatic heterocycles. The van der Waals surface area contributed by atoms with Gasteiger partial charge < -0.3 is 0 Å². The van der Waals surface area contributed by atoms with E-state index in [0.717, 1.165) is 5.56 Å². The highest BCUT2D eigenvalue weighted by atomic mass is 16.1. The highest BCUT2D eigenvalue weighted by Crippen LogP contribution is 2.14. The van der Waals surface area contributed by atoms with Crippen LogP contribution in [0.2, 0.25) is 0 Å². The number of carbonyl (C=O) groups excluding carboxylic acids is 1. The van der Waals surface area contributed by atoms with Crippen molar-refractivity contribution in [2.45, 2.75) is 6.42 Å². The van der Waals surface area contributed by atoms with E-state index < -0.39 is 0 Å². The maximum Gasteiger partial charge on any atom is 0.211 e. The normalized spacial score (nSPS) is 9.88. The number of rotatable bonds is 4. The molecule has 84 valence electrons. The van der Waals surface area contributed by atoms with Gasteiger partial charge in [-0.05, 0) is 24.1 Å². The first kappa shape index (κ1) is 11.3. The molecule has 2 rings (SSSR count). The summed E-state index contributed by atoms with van der Waals surface area (Å²) in [6.07, 6.45) is 4.11. The average Bonchev–Trinajstić information content (AvgIpc) is 2.40. The Balaban J connectivity index is 2.40. The minimum Gasteiger partial charge on any atom is -0.287 e. The summed E-state index contributed by atoms with van der Waals surface area (Å²) < 4.78 is 0. The van der Waals surface area contributed by atoms with E-state index in [1.807, 2.05) is 30.3 Å². The molecule has 0 radical (unpaired) electrons. The molecule has 0 aliphatic carbocycles. The first-order valence-electron chi connectivity index (χ1n) is 5.47. The average molecular weight is 223 g/mol. The van der Waals surface area contributed by atoms with Crippen LogP contribution in [0.1, 0.15) is 21.6 Å². The van der Waals surface area contributed by atoms with Gasteiger partial charge in [-0.15, -0.1) is 6.58 Å². The Morgan fingerprint density at radius 2 is 1.94 bits per heavy atom. The van der Waals surface area contributed by atoms with E-state index in [1.54, 1.807) is 24.4 Å². The van der Waals surface area contributed by atoms with Crippen molar-refractivity contribution in [3.8, 4) is 0 Å². The lowest BCUT2D eigenvalue weighted by Gasteiger charge is -2.05. The van der Waals surface area contributed by atoms with Crippen molar-refractivity contribution in [1.82, 2.24) is 4.98 Å². The summed E-state index contributed by atoms with van der Waals surface area (Å²) in [5.41, 5.74) is 2.16. The Bertz CT molecular complexity index is 532. The van der Waals surface area contributed by atoms with Crippen LogP contribution >= 0.6 is 0 Å². The van der Waals surface area contributed by atoms with Gasteiger partial charge >= 0.3 is 0 Å². The van der Waals surface area contributed by atoms with E-state index >= 15 is 0 Å². The number of nitrogens with zero attached hydrogens (tertiary/aromatic N) is 1. The summed E-state index contributed by atoms with van der Waals surface area (Å²) in [6.45, 7) is 3.70. The Hall–Kier alpha value is -2.22. The fourth-order valence-electron chi connectivity index (χ4n) is 1.71. The van der Waals surface area contributed by atoms with Crippen LogP contribution in [-0.2, 0) is 6.42 Å².